The van der Waals surface area contributed by atoms with Crippen molar-refractivity contribution in [1.82, 2.24) is 20.1 Å². The lowest BCUT2D eigenvalue weighted by Crippen LogP contribution is -2.55. The summed E-state index contributed by atoms with van der Waals surface area (Å²) in [7, 11) is -1.69. The Morgan fingerprint density at radius 2 is 1.97 bits per heavy atom. The zero-order valence-electron chi connectivity index (χ0n) is 20.7. The number of nitrogens with one attached hydrogen (secondary N) is 1. The maximum atomic E-state index is 13.9. The van der Waals surface area contributed by atoms with Crippen LogP contribution in [0.3, 0.4) is 0 Å². The summed E-state index contributed by atoms with van der Waals surface area (Å²) < 4.78 is 72.0. The maximum absolute atomic E-state index is 13.9. The van der Waals surface area contributed by atoms with Crippen molar-refractivity contribution in [3.8, 4) is 11.8 Å². The van der Waals surface area contributed by atoms with Crippen molar-refractivity contribution in [3.05, 3.63) is 34.9 Å². The number of carbonyl (C=O) groups excluding carboxylic acids is 2. The van der Waals surface area contributed by atoms with Gasteiger partial charge in [0.05, 0.1) is 6.42 Å². The Labute approximate surface area is 222 Å². The van der Waals surface area contributed by atoms with Crippen LogP contribution in [0.2, 0.25) is 11.1 Å². The molecule has 1 N–H and O–H groups in total. The van der Waals surface area contributed by atoms with Crippen LogP contribution in [0.25, 0.3) is 0 Å². The summed E-state index contributed by atoms with van der Waals surface area (Å²) in [4.78, 5) is 29.6. The number of rotatable bonds is 8. The number of carbonyl (C=O) groups is 2. The van der Waals surface area contributed by atoms with Gasteiger partial charge in [-0.1, -0.05) is 16.7 Å². The van der Waals surface area contributed by atoms with Gasteiger partial charge in [0.25, 0.3) is 0 Å². The van der Waals surface area contributed by atoms with Gasteiger partial charge in [-0.2, -0.15) is 13.2 Å². The third kappa shape index (κ3) is 9.04. The number of ether oxygens (including phenoxy) is 3. The highest BCUT2D eigenvalue weighted by Crippen LogP contribution is 2.32. The van der Waals surface area contributed by atoms with E-state index in [-0.39, 0.29) is 22.8 Å². The van der Waals surface area contributed by atoms with Crippen LogP contribution in [-0.4, -0.2) is 67.2 Å². The average Bonchev–Trinajstić information content (AvgIpc) is 3.25. The Balaban J connectivity index is 1.64. The van der Waals surface area contributed by atoms with Crippen LogP contribution in [0.15, 0.2) is 22.6 Å². The summed E-state index contributed by atoms with van der Waals surface area (Å²) in [5.41, 5.74) is -0.827. The van der Waals surface area contributed by atoms with Crippen LogP contribution in [-0.2, 0) is 9.53 Å². The van der Waals surface area contributed by atoms with Crippen molar-refractivity contribution in [3.63, 3.8) is 0 Å². The number of hydrogen-bond donors (Lipinski definition) is 1. The summed E-state index contributed by atoms with van der Waals surface area (Å²) in [6.07, 6.45) is -6.36. The van der Waals surface area contributed by atoms with Gasteiger partial charge >= 0.3 is 18.3 Å². The summed E-state index contributed by atoms with van der Waals surface area (Å²) >= 11 is 5.71. The van der Waals surface area contributed by atoms with E-state index >= 15 is 0 Å². The first-order chi connectivity index (χ1) is 17.7. The fourth-order valence-corrected chi connectivity index (χ4v) is 5.74. The molecule has 2 amide bonds. The number of alkyl halides is 3. The van der Waals surface area contributed by atoms with E-state index in [1.165, 1.54) is 17.0 Å². The standard InChI is InChI=1S/C22H26ClF4N4O6Si/c1-21(2,3)37-20(33)31-12-38(30-17(32)11-35-16-5-4-13(23)10-14(16)24)9-6-15(31)18-28-29-19(36-18)34-8-7-22(25,26)27/h4-5,10,15H,6-9,11-12H2,1-3H3,(H,30,32)/t15-/m1/s1. The van der Waals surface area contributed by atoms with Gasteiger partial charge in [0.2, 0.25) is 11.8 Å². The Bertz CT molecular complexity index is 1130. The highest BCUT2D eigenvalue weighted by Gasteiger charge is 2.40. The maximum Gasteiger partial charge on any atom is 0.414 e. The molecule has 38 heavy (non-hydrogen) atoms. The molecule has 1 aliphatic rings. The second-order valence-corrected chi connectivity index (χ2v) is 12.0. The minimum absolute atomic E-state index is 0.0354. The van der Waals surface area contributed by atoms with Crippen LogP contribution >= 0.6 is 11.6 Å². The monoisotopic (exact) mass is 581 g/mol. The van der Waals surface area contributed by atoms with Crippen molar-refractivity contribution in [2.45, 2.75) is 57.5 Å². The molecule has 1 aromatic carbocycles. The molecule has 1 aromatic heterocycles. The Hall–Kier alpha value is -3.07. The summed E-state index contributed by atoms with van der Waals surface area (Å²) in [5.74, 6) is -1.39. The normalized spacial score (nSPS) is 16.7. The minimum Gasteiger partial charge on any atom is -0.481 e. The number of nitrogens with zero attached hydrogens (tertiary/aromatic N) is 3. The third-order valence-electron chi connectivity index (χ3n) is 4.97. The Kier molecular flexibility index (Phi) is 9.46. The zero-order chi connectivity index (χ0) is 28.1. The summed E-state index contributed by atoms with van der Waals surface area (Å²) in [6, 6.07) is 3.52. The van der Waals surface area contributed by atoms with E-state index in [2.05, 4.69) is 15.2 Å². The molecule has 209 valence electrons. The van der Waals surface area contributed by atoms with Gasteiger partial charge in [0.15, 0.2) is 27.1 Å². The largest absolute Gasteiger partial charge is 0.481 e. The van der Waals surface area contributed by atoms with Gasteiger partial charge in [-0.25, -0.2) is 9.18 Å². The SMILES string of the molecule is CC(C)(C)OC(=O)N1C[Si](NC(=O)COc2ccc(Cl)cc2F)CC[C@@H]1c1nnc(OCCC(F)(F)F)o1. The molecule has 1 saturated heterocycles. The average molecular weight is 582 g/mol. The Morgan fingerprint density at radius 1 is 1.24 bits per heavy atom. The molecular formula is C22H26ClF4N4O6Si. The number of hydrogen-bond acceptors (Lipinski definition) is 8. The number of amides is 2. The van der Waals surface area contributed by atoms with Crippen molar-refractivity contribution in [2.24, 2.45) is 0 Å². The third-order valence-corrected chi connectivity index (χ3v) is 7.45. The van der Waals surface area contributed by atoms with E-state index in [1.807, 2.05) is 0 Å². The highest BCUT2D eigenvalue weighted by atomic mass is 35.5. The zero-order valence-corrected chi connectivity index (χ0v) is 22.5. The summed E-state index contributed by atoms with van der Waals surface area (Å²) in [5, 5.41) is 7.63. The van der Waals surface area contributed by atoms with Crippen LogP contribution < -0.4 is 14.5 Å². The molecular weight excluding hydrogens is 556 g/mol. The smallest absolute Gasteiger partial charge is 0.414 e. The molecule has 2 aromatic rings. The molecule has 1 radical (unpaired) electrons. The highest BCUT2D eigenvalue weighted by molar-refractivity contribution is 6.59. The van der Waals surface area contributed by atoms with Crippen LogP contribution in [0.1, 0.15) is 45.5 Å². The van der Waals surface area contributed by atoms with Crippen molar-refractivity contribution in [2.75, 3.05) is 19.4 Å². The lowest BCUT2D eigenvalue weighted by molar-refractivity contribution is -0.140. The fourth-order valence-electron chi connectivity index (χ4n) is 3.37. The second kappa shape index (κ2) is 12.2. The second-order valence-electron chi connectivity index (χ2n) is 9.30. The predicted molar refractivity (Wildman–Crippen MR) is 126 cm³/mol. The van der Waals surface area contributed by atoms with Gasteiger partial charge in [-0.15, -0.1) is 5.10 Å². The van der Waals surface area contributed by atoms with Gasteiger partial charge in [0, 0.05) is 11.2 Å². The van der Waals surface area contributed by atoms with E-state index in [0.717, 1.165) is 6.07 Å². The molecule has 1 fully saturated rings. The van der Waals surface area contributed by atoms with Crippen LogP contribution in [0.4, 0.5) is 22.4 Å². The molecule has 0 spiro atoms. The first kappa shape index (κ1) is 29.5. The predicted octanol–water partition coefficient (Wildman–Crippen LogP) is 4.60. The fraction of sp³-hybridized carbons (Fsp3) is 0.545. The van der Waals surface area contributed by atoms with Crippen LogP contribution in [0, 0.1) is 5.82 Å². The molecule has 0 bridgehead atoms. The van der Waals surface area contributed by atoms with Gasteiger partial charge in [-0.05, 0) is 51.4 Å². The first-order valence-corrected chi connectivity index (χ1v) is 13.7. The van der Waals surface area contributed by atoms with Crippen LogP contribution in [0.5, 0.6) is 11.8 Å². The molecule has 16 heteroatoms. The van der Waals surface area contributed by atoms with E-state index in [9.17, 15) is 27.2 Å². The molecule has 0 unspecified atom stereocenters. The van der Waals surface area contributed by atoms with Gasteiger partial charge in [-0.3, -0.25) is 9.69 Å². The minimum atomic E-state index is -4.41. The van der Waals surface area contributed by atoms with Crippen molar-refractivity contribution >= 4 is 32.6 Å². The molecule has 3 rings (SSSR count). The van der Waals surface area contributed by atoms with Crippen molar-refractivity contribution in [1.29, 1.82) is 0 Å². The molecule has 2 heterocycles. The van der Waals surface area contributed by atoms with Gasteiger partial charge < -0.3 is 23.6 Å². The lowest BCUT2D eigenvalue weighted by Gasteiger charge is -2.37. The molecule has 10 nitrogen and oxygen atoms in total. The lowest BCUT2D eigenvalue weighted by atomic mass is 10.2. The molecule has 1 aliphatic heterocycles. The number of benzene rings is 1. The van der Waals surface area contributed by atoms with E-state index in [0.29, 0.717) is 12.5 Å². The van der Waals surface area contributed by atoms with E-state index in [4.69, 9.17) is 30.2 Å². The Morgan fingerprint density at radius 3 is 2.63 bits per heavy atom. The first-order valence-electron chi connectivity index (χ1n) is 11.4. The quantitative estimate of drug-likeness (QED) is 0.355. The summed E-state index contributed by atoms with van der Waals surface area (Å²) in [6.45, 7) is 3.90. The molecule has 0 saturated carbocycles. The molecule has 0 aliphatic carbocycles. The van der Waals surface area contributed by atoms with Crippen molar-refractivity contribution < 1.29 is 45.8 Å². The van der Waals surface area contributed by atoms with E-state index in [1.54, 1.807) is 20.8 Å². The number of aromatic nitrogens is 2. The number of halogens is 5. The van der Waals surface area contributed by atoms with E-state index < -0.39 is 70.3 Å². The topological polar surface area (TPSA) is 116 Å². The molecule has 1 atom stereocenters. The van der Waals surface area contributed by atoms with Gasteiger partial charge in [0.1, 0.15) is 18.2 Å².